The molecule has 94 valence electrons. The van der Waals surface area contributed by atoms with Crippen LogP contribution in [0.2, 0.25) is 0 Å². The van der Waals surface area contributed by atoms with Gasteiger partial charge in [-0.2, -0.15) is 0 Å². The van der Waals surface area contributed by atoms with E-state index in [-0.39, 0.29) is 5.91 Å². The van der Waals surface area contributed by atoms with Gasteiger partial charge in [-0.1, -0.05) is 26.2 Å². The van der Waals surface area contributed by atoms with E-state index in [2.05, 4.69) is 12.2 Å². The fourth-order valence-corrected chi connectivity index (χ4v) is 2.42. The molecule has 1 rings (SSSR count). The zero-order valence-electron chi connectivity index (χ0n) is 10.5. The van der Waals surface area contributed by atoms with Gasteiger partial charge < -0.3 is 11.1 Å². The lowest BCUT2D eigenvalue weighted by Gasteiger charge is -2.17. The number of amides is 1. The number of hydrogen-bond donors (Lipinski definition) is 2. The summed E-state index contributed by atoms with van der Waals surface area (Å²) in [6, 6.07) is 0.441. The number of unbranched alkanes of at least 4 members (excludes halogenated alkanes) is 3. The second kappa shape index (κ2) is 7.66. The van der Waals surface area contributed by atoms with Gasteiger partial charge in [-0.25, -0.2) is 0 Å². The summed E-state index contributed by atoms with van der Waals surface area (Å²) >= 11 is 0. The Hall–Kier alpha value is -0.570. The summed E-state index contributed by atoms with van der Waals surface area (Å²) in [4.78, 5) is 11.6. The Balaban J connectivity index is 2.02. The molecule has 0 aromatic rings. The molecule has 0 radical (unpaired) electrons. The molecular formula is C13H26N2O. The number of nitrogens with one attached hydrogen (secondary N) is 1. The lowest BCUT2D eigenvalue weighted by Crippen LogP contribution is -2.36. The van der Waals surface area contributed by atoms with E-state index in [0.29, 0.717) is 18.4 Å². The lowest BCUT2D eigenvalue weighted by molar-refractivity contribution is -0.122. The van der Waals surface area contributed by atoms with E-state index >= 15 is 0 Å². The van der Waals surface area contributed by atoms with Crippen molar-refractivity contribution in [1.82, 2.24) is 5.32 Å². The molecule has 0 aromatic heterocycles. The van der Waals surface area contributed by atoms with Gasteiger partial charge in [0.1, 0.15) is 0 Å². The zero-order valence-corrected chi connectivity index (χ0v) is 10.5. The highest BCUT2D eigenvalue weighted by Gasteiger charge is 2.24. The van der Waals surface area contributed by atoms with Crippen LogP contribution >= 0.6 is 0 Å². The van der Waals surface area contributed by atoms with Gasteiger partial charge in [-0.3, -0.25) is 4.79 Å². The third kappa shape index (κ3) is 4.97. The molecule has 0 bridgehead atoms. The van der Waals surface area contributed by atoms with E-state index in [0.717, 1.165) is 32.2 Å². The molecule has 0 saturated heterocycles. The van der Waals surface area contributed by atoms with Crippen molar-refractivity contribution in [1.29, 1.82) is 0 Å². The molecule has 1 amide bonds. The maximum absolute atomic E-state index is 11.6. The molecule has 2 unspecified atom stereocenters. The van der Waals surface area contributed by atoms with Gasteiger partial charge >= 0.3 is 0 Å². The largest absolute Gasteiger partial charge is 0.353 e. The molecule has 0 heterocycles. The van der Waals surface area contributed by atoms with E-state index in [1.807, 2.05) is 0 Å². The third-order valence-corrected chi connectivity index (χ3v) is 3.57. The van der Waals surface area contributed by atoms with E-state index in [1.54, 1.807) is 0 Å². The number of rotatable bonds is 7. The Kier molecular flexibility index (Phi) is 6.46. The van der Waals surface area contributed by atoms with Crippen molar-refractivity contribution in [3.8, 4) is 0 Å². The van der Waals surface area contributed by atoms with Gasteiger partial charge in [-0.05, 0) is 38.1 Å². The van der Waals surface area contributed by atoms with Crippen LogP contribution in [0.25, 0.3) is 0 Å². The topological polar surface area (TPSA) is 55.1 Å². The first-order valence-electron chi connectivity index (χ1n) is 6.73. The van der Waals surface area contributed by atoms with E-state index in [4.69, 9.17) is 5.73 Å². The average molecular weight is 226 g/mol. The summed E-state index contributed by atoms with van der Waals surface area (Å²) in [6.07, 6.45) is 8.76. The maximum Gasteiger partial charge on any atom is 0.220 e. The summed E-state index contributed by atoms with van der Waals surface area (Å²) in [7, 11) is 0. The smallest absolute Gasteiger partial charge is 0.220 e. The van der Waals surface area contributed by atoms with Gasteiger partial charge in [0.05, 0.1) is 0 Å². The van der Waals surface area contributed by atoms with E-state index in [9.17, 15) is 4.79 Å². The number of carbonyl (C=O) groups excluding carboxylic acids is 1. The fourth-order valence-electron chi connectivity index (χ4n) is 2.42. The first-order valence-corrected chi connectivity index (χ1v) is 6.73. The predicted molar refractivity (Wildman–Crippen MR) is 67.1 cm³/mol. The predicted octanol–water partition coefficient (Wildman–Crippen LogP) is 2.20. The third-order valence-electron chi connectivity index (χ3n) is 3.57. The van der Waals surface area contributed by atoms with Gasteiger partial charge in [0.25, 0.3) is 0 Å². The van der Waals surface area contributed by atoms with Crippen LogP contribution < -0.4 is 11.1 Å². The van der Waals surface area contributed by atoms with Crippen LogP contribution in [0.1, 0.15) is 58.3 Å². The second-order valence-electron chi connectivity index (χ2n) is 5.04. The summed E-state index contributed by atoms with van der Waals surface area (Å²) in [5, 5.41) is 3.16. The minimum atomic E-state index is 0.242. The highest BCUT2D eigenvalue weighted by molar-refractivity contribution is 5.76. The van der Waals surface area contributed by atoms with Crippen LogP contribution in [-0.2, 0) is 4.79 Å². The van der Waals surface area contributed by atoms with Crippen LogP contribution in [0.4, 0.5) is 0 Å². The standard InChI is InChI=1S/C13H26N2O/c1-11-7-6-8-12(11)15-13(16)9-4-2-3-5-10-14/h11-12H,2-10,14H2,1H3,(H,15,16). The molecule has 3 N–H and O–H groups in total. The Morgan fingerprint density at radius 3 is 2.62 bits per heavy atom. The Morgan fingerprint density at radius 1 is 1.25 bits per heavy atom. The molecule has 3 nitrogen and oxygen atoms in total. The van der Waals surface area contributed by atoms with Gasteiger partial charge in [0, 0.05) is 12.5 Å². The number of hydrogen-bond acceptors (Lipinski definition) is 2. The van der Waals surface area contributed by atoms with Crippen molar-refractivity contribution in [2.24, 2.45) is 11.7 Å². The van der Waals surface area contributed by atoms with Crippen LogP contribution in [-0.4, -0.2) is 18.5 Å². The molecule has 2 atom stereocenters. The minimum Gasteiger partial charge on any atom is -0.353 e. The van der Waals surface area contributed by atoms with Crippen molar-refractivity contribution in [2.75, 3.05) is 6.54 Å². The van der Waals surface area contributed by atoms with Crippen LogP contribution in [0.15, 0.2) is 0 Å². The molecule has 0 spiro atoms. The normalized spacial score (nSPS) is 24.6. The number of carbonyl (C=O) groups is 1. The van der Waals surface area contributed by atoms with Crippen molar-refractivity contribution in [3.05, 3.63) is 0 Å². The first kappa shape index (κ1) is 13.5. The Bertz CT molecular complexity index is 206. The van der Waals surface area contributed by atoms with Gasteiger partial charge in [-0.15, -0.1) is 0 Å². The fraction of sp³-hybridized carbons (Fsp3) is 0.923. The van der Waals surface area contributed by atoms with Crippen molar-refractivity contribution < 1.29 is 4.79 Å². The molecule has 1 aliphatic rings. The summed E-state index contributed by atoms with van der Waals surface area (Å²) in [5.74, 6) is 0.910. The molecule has 1 fully saturated rings. The van der Waals surface area contributed by atoms with Crippen molar-refractivity contribution >= 4 is 5.91 Å². The highest BCUT2D eigenvalue weighted by atomic mass is 16.1. The Morgan fingerprint density at radius 2 is 2.00 bits per heavy atom. The number of nitrogens with two attached hydrogens (primary N) is 1. The Labute approximate surface area is 99.2 Å². The second-order valence-corrected chi connectivity index (χ2v) is 5.04. The van der Waals surface area contributed by atoms with E-state index in [1.165, 1.54) is 19.3 Å². The molecular weight excluding hydrogens is 200 g/mol. The van der Waals surface area contributed by atoms with E-state index < -0.39 is 0 Å². The van der Waals surface area contributed by atoms with Crippen LogP contribution in [0.5, 0.6) is 0 Å². The molecule has 3 heteroatoms. The lowest BCUT2D eigenvalue weighted by atomic mass is 10.1. The quantitative estimate of drug-likeness (QED) is 0.654. The summed E-state index contributed by atoms with van der Waals surface area (Å²) < 4.78 is 0. The average Bonchev–Trinajstić information content (AvgIpc) is 2.64. The first-order chi connectivity index (χ1) is 7.74. The minimum absolute atomic E-state index is 0.242. The molecule has 16 heavy (non-hydrogen) atoms. The molecule has 1 aliphatic carbocycles. The zero-order chi connectivity index (χ0) is 11.8. The molecule has 0 aromatic carbocycles. The maximum atomic E-state index is 11.6. The molecule has 1 saturated carbocycles. The summed E-state index contributed by atoms with van der Waals surface area (Å²) in [5.41, 5.74) is 5.42. The molecule has 0 aliphatic heterocycles. The van der Waals surface area contributed by atoms with Gasteiger partial charge in [0.15, 0.2) is 0 Å². The van der Waals surface area contributed by atoms with Crippen molar-refractivity contribution in [3.63, 3.8) is 0 Å². The van der Waals surface area contributed by atoms with Crippen LogP contribution in [0, 0.1) is 5.92 Å². The van der Waals surface area contributed by atoms with Crippen molar-refractivity contribution in [2.45, 2.75) is 64.3 Å². The summed E-state index contributed by atoms with van der Waals surface area (Å²) in [6.45, 7) is 3.00. The van der Waals surface area contributed by atoms with Crippen LogP contribution in [0.3, 0.4) is 0 Å². The highest BCUT2D eigenvalue weighted by Crippen LogP contribution is 2.24. The van der Waals surface area contributed by atoms with Gasteiger partial charge in [0.2, 0.25) is 5.91 Å². The monoisotopic (exact) mass is 226 g/mol. The SMILES string of the molecule is CC1CCCC1NC(=O)CCCCCCN.